The summed E-state index contributed by atoms with van der Waals surface area (Å²) in [6, 6.07) is 6.88. The van der Waals surface area contributed by atoms with Gasteiger partial charge in [-0.05, 0) is 18.2 Å². The molecule has 1 aliphatic heterocycles. The highest BCUT2D eigenvalue weighted by Crippen LogP contribution is 2.42. The molecule has 1 aliphatic rings. The van der Waals surface area contributed by atoms with E-state index in [1.807, 2.05) is 0 Å². The van der Waals surface area contributed by atoms with E-state index in [-0.39, 0.29) is 27.1 Å². The lowest BCUT2D eigenvalue weighted by molar-refractivity contribution is -0.383. The Morgan fingerprint density at radius 1 is 1.18 bits per heavy atom. The monoisotopic (exact) mass is 251 g/mol. The fraction of sp³-hybridized carbons (Fsp3) is 0. The molecule has 7 heteroatoms. The molecule has 2 aromatic carbocycles. The zero-order chi connectivity index (χ0) is 12.2. The van der Waals surface area contributed by atoms with E-state index in [4.69, 9.17) is 4.18 Å². The van der Waals surface area contributed by atoms with E-state index in [0.717, 1.165) is 0 Å². The molecule has 86 valence electrons. The van der Waals surface area contributed by atoms with Gasteiger partial charge in [-0.3, -0.25) is 10.1 Å². The van der Waals surface area contributed by atoms with E-state index < -0.39 is 15.0 Å². The number of hydrogen-bond donors (Lipinski definition) is 0. The number of rotatable bonds is 1. The van der Waals surface area contributed by atoms with Crippen molar-refractivity contribution in [3.05, 3.63) is 40.4 Å². The van der Waals surface area contributed by atoms with Crippen molar-refractivity contribution in [3.63, 3.8) is 0 Å². The van der Waals surface area contributed by atoms with Crippen molar-refractivity contribution in [1.29, 1.82) is 0 Å². The summed E-state index contributed by atoms with van der Waals surface area (Å²) in [6.07, 6.45) is 0. The van der Waals surface area contributed by atoms with Crippen LogP contribution in [-0.2, 0) is 10.1 Å². The maximum Gasteiger partial charge on any atom is 0.340 e. The first-order chi connectivity index (χ1) is 8.00. The average Bonchev–Trinajstić information content (AvgIpc) is 2.52. The highest BCUT2D eigenvalue weighted by atomic mass is 32.2. The summed E-state index contributed by atoms with van der Waals surface area (Å²) in [4.78, 5) is 10.3. The predicted octanol–water partition coefficient (Wildman–Crippen LogP) is 1.83. The Morgan fingerprint density at radius 2 is 1.94 bits per heavy atom. The van der Waals surface area contributed by atoms with E-state index >= 15 is 0 Å². The molecule has 3 rings (SSSR count). The Balaban J connectivity index is 2.55. The maximum absolute atomic E-state index is 11.6. The first kappa shape index (κ1) is 10.0. The Morgan fingerprint density at radius 3 is 2.65 bits per heavy atom. The third-order valence-electron chi connectivity index (χ3n) is 2.61. The molecular weight excluding hydrogens is 246 g/mol. The van der Waals surface area contributed by atoms with E-state index in [1.54, 1.807) is 0 Å². The molecule has 17 heavy (non-hydrogen) atoms. The molecule has 0 atom stereocenters. The molecule has 6 nitrogen and oxygen atoms in total. The van der Waals surface area contributed by atoms with Crippen LogP contribution < -0.4 is 4.18 Å². The summed E-state index contributed by atoms with van der Waals surface area (Å²) in [5, 5.41) is 11.4. The van der Waals surface area contributed by atoms with Gasteiger partial charge in [-0.1, -0.05) is 6.07 Å². The van der Waals surface area contributed by atoms with Crippen molar-refractivity contribution in [2.45, 2.75) is 4.90 Å². The van der Waals surface area contributed by atoms with Crippen molar-refractivity contribution in [2.75, 3.05) is 0 Å². The second kappa shape index (κ2) is 2.95. The minimum absolute atomic E-state index is 0.0197. The second-order valence-electron chi connectivity index (χ2n) is 3.56. The fourth-order valence-electron chi connectivity index (χ4n) is 1.93. The predicted molar refractivity (Wildman–Crippen MR) is 58.4 cm³/mol. The number of nitro groups is 1. The Kier molecular flexibility index (Phi) is 1.74. The Bertz CT molecular complexity index is 766. The van der Waals surface area contributed by atoms with Crippen LogP contribution in [0, 0.1) is 10.1 Å². The molecule has 0 spiro atoms. The highest BCUT2D eigenvalue weighted by molar-refractivity contribution is 7.87. The quantitative estimate of drug-likeness (QED) is 0.438. The number of nitro benzene ring substituents is 1. The van der Waals surface area contributed by atoms with Gasteiger partial charge < -0.3 is 4.18 Å². The summed E-state index contributed by atoms with van der Waals surface area (Å²) in [7, 11) is -3.82. The summed E-state index contributed by atoms with van der Waals surface area (Å²) >= 11 is 0. The van der Waals surface area contributed by atoms with Crippen LogP contribution in [0.15, 0.2) is 35.2 Å². The van der Waals surface area contributed by atoms with Gasteiger partial charge in [0.05, 0.1) is 15.7 Å². The fourth-order valence-corrected chi connectivity index (χ4v) is 3.09. The molecule has 1 heterocycles. The zero-order valence-corrected chi connectivity index (χ0v) is 9.10. The molecule has 0 radical (unpaired) electrons. The topological polar surface area (TPSA) is 86.5 Å². The van der Waals surface area contributed by atoms with Gasteiger partial charge in [-0.25, -0.2) is 0 Å². The van der Waals surface area contributed by atoms with Gasteiger partial charge in [0, 0.05) is 6.07 Å². The molecule has 0 N–H and O–H groups in total. The highest BCUT2D eigenvalue weighted by Gasteiger charge is 2.32. The van der Waals surface area contributed by atoms with E-state index in [2.05, 4.69) is 0 Å². The van der Waals surface area contributed by atoms with Crippen molar-refractivity contribution >= 4 is 26.6 Å². The number of benzene rings is 2. The van der Waals surface area contributed by atoms with Gasteiger partial charge in [0.25, 0.3) is 5.69 Å². The lowest BCUT2D eigenvalue weighted by Gasteiger charge is -1.98. The average molecular weight is 251 g/mol. The molecule has 0 fully saturated rings. The van der Waals surface area contributed by atoms with Crippen LogP contribution in [0.25, 0.3) is 10.8 Å². The third kappa shape index (κ3) is 1.22. The first-order valence-electron chi connectivity index (χ1n) is 4.65. The molecule has 0 unspecified atom stereocenters. The van der Waals surface area contributed by atoms with Crippen LogP contribution in [0.3, 0.4) is 0 Å². The van der Waals surface area contributed by atoms with E-state index in [0.29, 0.717) is 0 Å². The summed E-state index contributed by atoms with van der Waals surface area (Å²) in [5.74, 6) is 0.140. The lowest BCUT2D eigenvalue weighted by Crippen LogP contribution is -2.02. The van der Waals surface area contributed by atoms with Crippen LogP contribution >= 0.6 is 0 Å². The van der Waals surface area contributed by atoms with Gasteiger partial charge in [0.2, 0.25) is 0 Å². The van der Waals surface area contributed by atoms with Gasteiger partial charge in [0.15, 0.2) is 5.75 Å². The van der Waals surface area contributed by atoms with E-state index in [1.165, 1.54) is 30.3 Å². The van der Waals surface area contributed by atoms with Crippen molar-refractivity contribution < 1.29 is 17.5 Å². The van der Waals surface area contributed by atoms with Gasteiger partial charge in [-0.2, -0.15) is 8.42 Å². The second-order valence-corrected chi connectivity index (χ2v) is 5.07. The SMILES string of the molecule is O=[N+]([O-])c1ccc2c3c(cccc13)OS2(=O)=O. The van der Waals surface area contributed by atoms with Crippen molar-refractivity contribution in [3.8, 4) is 5.75 Å². The lowest BCUT2D eigenvalue weighted by atomic mass is 10.1. The van der Waals surface area contributed by atoms with Gasteiger partial charge >= 0.3 is 10.1 Å². The van der Waals surface area contributed by atoms with Crippen LogP contribution in [-0.4, -0.2) is 13.3 Å². The van der Waals surface area contributed by atoms with Gasteiger partial charge in [0.1, 0.15) is 4.90 Å². The molecule has 0 aromatic heterocycles. The van der Waals surface area contributed by atoms with Crippen LogP contribution in [0.2, 0.25) is 0 Å². The third-order valence-corrected chi connectivity index (χ3v) is 3.88. The Hall–Kier alpha value is -2.15. The molecule has 0 saturated heterocycles. The summed E-state index contributed by atoms with van der Waals surface area (Å²) in [5.41, 5.74) is -0.133. The largest absolute Gasteiger partial charge is 0.378 e. The summed E-state index contributed by atoms with van der Waals surface area (Å²) < 4.78 is 28.0. The number of non-ortho nitro benzene ring substituents is 1. The standard InChI is InChI=1S/C10H5NO5S/c12-11(13)7-4-5-9-10-6(7)2-1-3-8(10)16-17(9,14)15/h1-5H. The number of hydrogen-bond acceptors (Lipinski definition) is 5. The minimum Gasteiger partial charge on any atom is -0.378 e. The first-order valence-corrected chi connectivity index (χ1v) is 6.06. The van der Waals surface area contributed by atoms with Crippen LogP contribution in [0.5, 0.6) is 5.75 Å². The zero-order valence-electron chi connectivity index (χ0n) is 8.28. The number of nitrogens with zero attached hydrogens (tertiary/aromatic N) is 1. The molecular formula is C10H5NO5S. The van der Waals surface area contributed by atoms with Crippen LogP contribution in [0.1, 0.15) is 0 Å². The van der Waals surface area contributed by atoms with Crippen molar-refractivity contribution in [2.24, 2.45) is 0 Å². The van der Waals surface area contributed by atoms with Crippen molar-refractivity contribution in [1.82, 2.24) is 0 Å². The maximum atomic E-state index is 11.6. The normalized spacial score (nSPS) is 15.8. The van der Waals surface area contributed by atoms with E-state index in [9.17, 15) is 18.5 Å². The molecule has 0 saturated carbocycles. The minimum atomic E-state index is -3.82. The smallest absolute Gasteiger partial charge is 0.340 e. The molecule has 0 amide bonds. The molecule has 0 aliphatic carbocycles. The van der Waals surface area contributed by atoms with Gasteiger partial charge in [-0.15, -0.1) is 0 Å². The Labute approximate surface area is 95.7 Å². The molecule has 0 bridgehead atoms. The molecule has 2 aromatic rings. The van der Waals surface area contributed by atoms with Crippen LogP contribution in [0.4, 0.5) is 5.69 Å². The summed E-state index contributed by atoms with van der Waals surface area (Å²) in [6.45, 7) is 0.